The molecular formula is C10H14N2. The summed E-state index contributed by atoms with van der Waals surface area (Å²) in [6.45, 7) is 4.17. The minimum atomic E-state index is 0.140. The molecule has 1 heterocycles. The zero-order chi connectivity index (χ0) is 8.97. The molecular weight excluding hydrogens is 148 g/mol. The predicted molar refractivity (Wildman–Crippen MR) is 48.4 cm³/mol. The fourth-order valence-corrected chi connectivity index (χ4v) is 1.17. The number of rotatable bonds is 3. The van der Waals surface area contributed by atoms with Crippen LogP contribution in [0.25, 0.3) is 0 Å². The molecule has 0 bridgehead atoms. The maximum absolute atomic E-state index is 8.84. The maximum atomic E-state index is 8.84. The van der Waals surface area contributed by atoms with Gasteiger partial charge in [-0.2, -0.15) is 5.26 Å². The van der Waals surface area contributed by atoms with Crippen LogP contribution in [0.15, 0.2) is 18.5 Å². The number of aromatic nitrogens is 1. The third kappa shape index (κ3) is 2.13. The van der Waals surface area contributed by atoms with Crippen LogP contribution in [0.3, 0.4) is 0 Å². The van der Waals surface area contributed by atoms with E-state index in [1.165, 1.54) is 5.56 Å². The first-order valence-electron chi connectivity index (χ1n) is 4.25. The molecule has 1 rings (SSSR count). The molecule has 0 amide bonds. The molecule has 1 aromatic rings. The molecule has 64 valence electrons. The van der Waals surface area contributed by atoms with Crippen LogP contribution in [0, 0.1) is 23.2 Å². The van der Waals surface area contributed by atoms with Crippen molar-refractivity contribution in [2.45, 2.75) is 20.3 Å². The Morgan fingerprint density at radius 3 is 2.75 bits per heavy atom. The maximum Gasteiger partial charge on any atom is 0.0661 e. The molecule has 0 radical (unpaired) electrons. The molecule has 1 unspecified atom stereocenters. The van der Waals surface area contributed by atoms with Crippen molar-refractivity contribution in [3.8, 4) is 6.07 Å². The number of nitriles is 1. The van der Waals surface area contributed by atoms with E-state index in [4.69, 9.17) is 5.26 Å². The van der Waals surface area contributed by atoms with Crippen molar-refractivity contribution < 1.29 is 0 Å². The summed E-state index contributed by atoms with van der Waals surface area (Å²) in [5.74, 6) is 0.575. The molecule has 0 fully saturated rings. The second-order valence-electron chi connectivity index (χ2n) is 3.40. The van der Waals surface area contributed by atoms with Gasteiger partial charge in [0.05, 0.1) is 12.0 Å². The predicted octanol–water partition coefficient (Wildman–Crippen LogP) is 2.35. The Morgan fingerprint density at radius 1 is 1.58 bits per heavy atom. The molecule has 0 aliphatic heterocycles. The molecule has 1 aromatic heterocycles. The topological polar surface area (TPSA) is 39.6 Å². The standard InChI is InChI=1S/C10H14N2/c1-8(2)10(6-11)5-9-3-4-12-7-9/h3-4,7-8,10,12H,5H2,1-2H3. The van der Waals surface area contributed by atoms with Crippen LogP contribution in [0.1, 0.15) is 19.4 Å². The monoisotopic (exact) mass is 162 g/mol. The van der Waals surface area contributed by atoms with Gasteiger partial charge in [-0.25, -0.2) is 0 Å². The van der Waals surface area contributed by atoms with Gasteiger partial charge in [-0.3, -0.25) is 0 Å². The zero-order valence-electron chi connectivity index (χ0n) is 7.54. The third-order valence-corrected chi connectivity index (χ3v) is 2.09. The lowest BCUT2D eigenvalue weighted by molar-refractivity contribution is 0.474. The summed E-state index contributed by atoms with van der Waals surface area (Å²) in [4.78, 5) is 2.99. The highest BCUT2D eigenvalue weighted by molar-refractivity contribution is 5.11. The minimum absolute atomic E-state index is 0.140. The van der Waals surface area contributed by atoms with Crippen LogP contribution in [0.4, 0.5) is 0 Å². The summed E-state index contributed by atoms with van der Waals surface area (Å²) in [5.41, 5.74) is 1.22. The molecule has 0 spiro atoms. The fraction of sp³-hybridized carbons (Fsp3) is 0.500. The van der Waals surface area contributed by atoms with E-state index in [2.05, 4.69) is 24.9 Å². The van der Waals surface area contributed by atoms with Gasteiger partial charge in [-0.15, -0.1) is 0 Å². The Bertz CT molecular complexity index is 254. The van der Waals surface area contributed by atoms with E-state index in [9.17, 15) is 0 Å². The van der Waals surface area contributed by atoms with Crippen LogP contribution in [-0.4, -0.2) is 4.98 Å². The summed E-state index contributed by atoms with van der Waals surface area (Å²) >= 11 is 0. The number of hydrogen-bond donors (Lipinski definition) is 1. The van der Waals surface area contributed by atoms with Gasteiger partial charge in [0.25, 0.3) is 0 Å². The molecule has 12 heavy (non-hydrogen) atoms. The minimum Gasteiger partial charge on any atom is -0.367 e. The van der Waals surface area contributed by atoms with E-state index in [0.717, 1.165) is 6.42 Å². The van der Waals surface area contributed by atoms with Crippen LogP contribution in [-0.2, 0) is 6.42 Å². The molecule has 1 atom stereocenters. The number of nitrogens with zero attached hydrogens (tertiary/aromatic N) is 1. The Kier molecular flexibility index (Phi) is 2.93. The lowest BCUT2D eigenvalue weighted by atomic mass is 9.92. The molecule has 1 N–H and O–H groups in total. The van der Waals surface area contributed by atoms with E-state index in [0.29, 0.717) is 5.92 Å². The number of hydrogen-bond acceptors (Lipinski definition) is 1. The molecule has 2 heteroatoms. The van der Waals surface area contributed by atoms with E-state index in [1.54, 1.807) is 0 Å². The fourth-order valence-electron chi connectivity index (χ4n) is 1.17. The van der Waals surface area contributed by atoms with Crippen molar-refractivity contribution in [1.82, 2.24) is 4.98 Å². The van der Waals surface area contributed by atoms with Gasteiger partial charge in [0, 0.05) is 12.4 Å². The van der Waals surface area contributed by atoms with E-state index in [1.807, 2.05) is 18.5 Å². The van der Waals surface area contributed by atoms with E-state index < -0.39 is 0 Å². The second-order valence-corrected chi connectivity index (χ2v) is 3.40. The second kappa shape index (κ2) is 3.96. The molecule has 0 saturated heterocycles. The number of aromatic amines is 1. The van der Waals surface area contributed by atoms with Crippen molar-refractivity contribution in [3.05, 3.63) is 24.0 Å². The van der Waals surface area contributed by atoms with Crippen molar-refractivity contribution in [2.75, 3.05) is 0 Å². The highest BCUT2D eigenvalue weighted by atomic mass is 14.6. The van der Waals surface area contributed by atoms with Crippen molar-refractivity contribution in [2.24, 2.45) is 11.8 Å². The van der Waals surface area contributed by atoms with Gasteiger partial charge in [0.15, 0.2) is 0 Å². The molecule has 0 aromatic carbocycles. The SMILES string of the molecule is CC(C)C(C#N)Cc1cc[nH]c1. The average Bonchev–Trinajstić information content (AvgIpc) is 2.51. The molecule has 0 saturated carbocycles. The summed E-state index contributed by atoms with van der Waals surface area (Å²) in [6.07, 6.45) is 4.70. The zero-order valence-corrected chi connectivity index (χ0v) is 7.54. The van der Waals surface area contributed by atoms with E-state index in [-0.39, 0.29) is 5.92 Å². The Balaban J connectivity index is 2.56. The summed E-state index contributed by atoms with van der Waals surface area (Å²) in [5, 5.41) is 8.84. The van der Waals surface area contributed by atoms with Crippen molar-refractivity contribution in [3.63, 3.8) is 0 Å². The largest absolute Gasteiger partial charge is 0.367 e. The average molecular weight is 162 g/mol. The third-order valence-electron chi connectivity index (χ3n) is 2.09. The molecule has 0 aliphatic carbocycles. The summed E-state index contributed by atoms with van der Waals surface area (Å²) in [7, 11) is 0. The van der Waals surface area contributed by atoms with E-state index >= 15 is 0 Å². The number of H-pyrrole nitrogens is 1. The first-order valence-corrected chi connectivity index (χ1v) is 4.25. The van der Waals surface area contributed by atoms with Gasteiger partial charge < -0.3 is 4.98 Å². The van der Waals surface area contributed by atoms with Crippen LogP contribution in [0.5, 0.6) is 0 Å². The first-order chi connectivity index (χ1) is 5.74. The molecule has 2 nitrogen and oxygen atoms in total. The van der Waals surface area contributed by atoms with Gasteiger partial charge >= 0.3 is 0 Å². The highest BCUT2D eigenvalue weighted by Crippen LogP contribution is 2.15. The van der Waals surface area contributed by atoms with Crippen LogP contribution in [0.2, 0.25) is 0 Å². The van der Waals surface area contributed by atoms with Gasteiger partial charge in [0.1, 0.15) is 0 Å². The van der Waals surface area contributed by atoms with Crippen molar-refractivity contribution in [1.29, 1.82) is 5.26 Å². The van der Waals surface area contributed by atoms with Crippen LogP contribution >= 0.6 is 0 Å². The smallest absolute Gasteiger partial charge is 0.0661 e. The first kappa shape index (κ1) is 8.86. The molecule has 0 aliphatic rings. The van der Waals surface area contributed by atoms with Crippen LogP contribution < -0.4 is 0 Å². The lowest BCUT2D eigenvalue weighted by Gasteiger charge is -2.10. The Morgan fingerprint density at radius 2 is 2.33 bits per heavy atom. The lowest BCUT2D eigenvalue weighted by Crippen LogP contribution is -2.08. The van der Waals surface area contributed by atoms with Gasteiger partial charge in [-0.1, -0.05) is 13.8 Å². The normalized spacial score (nSPS) is 12.8. The van der Waals surface area contributed by atoms with Gasteiger partial charge in [0.2, 0.25) is 0 Å². The quantitative estimate of drug-likeness (QED) is 0.728. The van der Waals surface area contributed by atoms with Crippen molar-refractivity contribution >= 4 is 0 Å². The Labute approximate surface area is 73.2 Å². The van der Waals surface area contributed by atoms with Gasteiger partial charge in [-0.05, 0) is 24.0 Å². The summed E-state index contributed by atoms with van der Waals surface area (Å²) in [6, 6.07) is 4.35. The number of nitrogens with one attached hydrogen (secondary N) is 1. The Hall–Kier alpha value is -1.23. The summed E-state index contributed by atoms with van der Waals surface area (Å²) < 4.78 is 0. The highest BCUT2D eigenvalue weighted by Gasteiger charge is 2.12.